The molecule has 0 spiro atoms. The van der Waals surface area contributed by atoms with Crippen molar-refractivity contribution in [3.05, 3.63) is 23.8 Å². The predicted octanol–water partition coefficient (Wildman–Crippen LogP) is 1.61. The molecule has 0 aromatic heterocycles. The van der Waals surface area contributed by atoms with Crippen LogP contribution in [0.2, 0.25) is 0 Å². The van der Waals surface area contributed by atoms with Crippen molar-refractivity contribution in [3.63, 3.8) is 0 Å². The summed E-state index contributed by atoms with van der Waals surface area (Å²) in [6, 6.07) is 6.09. The summed E-state index contributed by atoms with van der Waals surface area (Å²) in [5, 5.41) is 9.02. The van der Waals surface area contributed by atoms with Crippen molar-refractivity contribution in [1.82, 2.24) is 4.72 Å². The van der Waals surface area contributed by atoms with Gasteiger partial charge in [0.1, 0.15) is 6.07 Å². The first kappa shape index (κ1) is 13.8. The third-order valence-electron chi connectivity index (χ3n) is 3.58. The Labute approximate surface area is 113 Å². The quantitative estimate of drug-likeness (QED) is 0.821. The van der Waals surface area contributed by atoms with Crippen molar-refractivity contribution in [1.29, 1.82) is 5.26 Å². The molecule has 1 aromatic rings. The van der Waals surface area contributed by atoms with E-state index in [-0.39, 0.29) is 16.5 Å². The maximum Gasteiger partial charge on any atom is 0.242 e. The summed E-state index contributed by atoms with van der Waals surface area (Å²) in [6.45, 7) is 2.04. The first-order valence-electron chi connectivity index (χ1n) is 6.26. The van der Waals surface area contributed by atoms with Gasteiger partial charge in [-0.15, -0.1) is 0 Å². The molecule has 1 aliphatic carbocycles. The third-order valence-corrected chi connectivity index (χ3v) is 5.13. The number of nitrogen functional groups attached to an aromatic ring is 1. The van der Waals surface area contributed by atoms with Crippen LogP contribution in [0.3, 0.4) is 0 Å². The van der Waals surface area contributed by atoms with Crippen LogP contribution in [0.5, 0.6) is 0 Å². The second-order valence-corrected chi connectivity index (χ2v) is 6.69. The standard InChI is InChI=1S/C13H17N3O2S/c1-9-3-2-4-12(9)16-19(17,18)13-6-5-11(15)7-10(13)8-14/h5-7,9,12,16H,2-4,15H2,1H3. The summed E-state index contributed by atoms with van der Waals surface area (Å²) in [4.78, 5) is 0.00306. The largest absolute Gasteiger partial charge is 0.399 e. The van der Waals surface area contributed by atoms with Crippen LogP contribution >= 0.6 is 0 Å². The zero-order valence-electron chi connectivity index (χ0n) is 10.8. The number of nitrogens with zero attached hydrogens (tertiary/aromatic N) is 1. The van der Waals surface area contributed by atoms with Gasteiger partial charge in [0.15, 0.2) is 0 Å². The lowest BCUT2D eigenvalue weighted by Crippen LogP contribution is -2.36. The fourth-order valence-corrected chi connectivity index (χ4v) is 3.97. The average Bonchev–Trinajstić information content (AvgIpc) is 2.74. The van der Waals surface area contributed by atoms with Gasteiger partial charge in [-0.05, 0) is 37.0 Å². The number of sulfonamides is 1. The van der Waals surface area contributed by atoms with E-state index in [2.05, 4.69) is 4.72 Å². The zero-order chi connectivity index (χ0) is 14.0. The molecule has 0 radical (unpaired) electrons. The number of nitriles is 1. The molecule has 0 heterocycles. The van der Waals surface area contributed by atoms with E-state index in [0.29, 0.717) is 11.6 Å². The minimum absolute atomic E-state index is 0.00306. The summed E-state index contributed by atoms with van der Waals surface area (Å²) in [7, 11) is -3.66. The molecule has 0 aliphatic heterocycles. The van der Waals surface area contributed by atoms with Crippen molar-refractivity contribution in [2.45, 2.75) is 37.1 Å². The normalized spacial score (nSPS) is 23.2. The van der Waals surface area contributed by atoms with Gasteiger partial charge in [-0.25, -0.2) is 13.1 Å². The van der Waals surface area contributed by atoms with Gasteiger partial charge in [-0.3, -0.25) is 0 Å². The Hall–Kier alpha value is -1.58. The molecule has 19 heavy (non-hydrogen) atoms. The fourth-order valence-electron chi connectivity index (χ4n) is 2.45. The highest BCUT2D eigenvalue weighted by molar-refractivity contribution is 7.89. The molecule has 1 aliphatic rings. The van der Waals surface area contributed by atoms with E-state index in [0.717, 1.165) is 19.3 Å². The highest BCUT2D eigenvalue weighted by Gasteiger charge is 2.29. The Kier molecular flexibility index (Phi) is 3.78. The highest BCUT2D eigenvalue weighted by atomic mass is 32.2. The molecule has 1 aromatic carbocycles. The topological polar surface area (TPSA) is 96.0 Å². The van der Waals surface area contributed by atoms with Crippen molar-refractivity contribution in [2.75, 3.05) is 5.73 Å². The maximum absolute atomic E-state index is 12.3. The highest BCUT2D eigenvalue weighted by Crippen LogP contribution is 2.27. The Morgan fingerprint density at radius 3 is 2.74 bits per heavy atom. The predicted molar refractivity (Wildman–Crippen MR) is 72.7 cm³/mol. The van der Waals surface area contributed by atoms with E-state index < -0.39 is 10.0 Å². The van der Waals surface area contributed by atoms with Gasteiger partial charge < -0.3 is 5.73 Å². The SMILES string of the molecule is CC1CCCC1NS(=O)(=O)c1ccc(N)cc1C#N. The van der Waals surface area contributed by atoms with Gasteiger partial charge in [0.2, 0.25) is 10.0 Å². The smallest absolute Gasteiger partial charge is 0.242 e. The molecular formula is C13H17N3O2S. The van der Waals surface area contributed by atoms with Crippen LogP contribution in [0.1, 0.15) is 31.7 Å². The van der Waals surface area contributed by atoms with E-state index in [9.17, 15) is 8.42 Å². The van der Waals surface area contributed by atoms with Crippen molar-refractivity contribution in [3.8, 4) is 6.07 Å². The van der Waals surface area contributed by atoms with Gasteiger partial charge in [0.25, 0.3) is 0 Å². The molecule has 5 nitrogen and oxygen atoms in total. The lowest BCUT2D eigenvalue weighted by atomic mass is 10.1. The third kappa shape index (κ3) is 2.88. The van der Waals surface area contributed by atoms with Gasteiger partial charge in [0, 0.05) is 11.7 Å². The van der Waals surface area contributed by atoms with Gasteiger partial charge in [0.05, 0.1) is 10.5 Å². The molecule has 2 rings (SSSR count). The van der Waals surface area contributed by atoms with Crippen LogP contribution in [0.25, 0.3) is 0 Å². The Morgan fingerprint density at radius 2 is 2.16 bits per heavy atom. The summed E-state index contributed by atoms with van der Waals surface area (Å²) in [6.07, 6.45) is 2.90. The van der Waals surface area contributed by atoms with Crippen LogP contribution in [-0.4, -0.2) is 14.5 Å². The van der Waals surface area contributed by atoms with Gasteiger partial charge >= 0.3 is 0 Å². The summed E-state index contributed by atoms with van der Waals surface area (Å²) >= 11 is 0. The number of nitrogens with two attached hydrogens (primary N) is 1. The van der Waals surface area contributed by atoms with Crippen LogP contribution in [0.15, 0.2) is 23.1 Å². The number of nitrogens with one attached hydrogen (secondary N) is 1. The zero-order valence-corrected chi connectivity index (χ0v) is 11.6. The van der Waals surface area contributed by atoms with E-state index in [1.165, 1.54) is 18.2 Å². The number of hydrogen-bond donors (Lipinski definition) is 2. The fraction of sp³-hybridized carbons (Fsp3) is 0.462. The molecule has 2 atom stereocenters. The molecule has 2 unspecified atom stereocenters. The molecule has 3 N–H and O–H groups in total. The van der Waals surface area contributed by atoms with Crippen LogP contribution in [0, 0.1) is 17.2 Å². The number of rotatable bonds is 3. The second-order valence-electron chi connectivity index (χ2n) is 5.00. The molecule has 1 saturated carbocycles. The Balaban J connectivity index is 2.32. The first-order valence-corrected chi connectivity index (χ1v) is 7.74. The molecule has 1 fully saturated rings. The van der Waals surface area contributed by atoms with E-state index in [1.54, 1.807) is 0 Å². The molecule has 6 heteroatoms. The summed E-state index contributed by atoms with van der Waals surface area (Å²) in [5.74, 6) is 0.328. The summed E-state index contributed by atoms with van der Waals surface area (Å²) < 4.78 is 27.3. The van der Waals surface area contributed by atoms with Crippen molar-refractivity contribution < 1.29 is 8.42 Å². The number of benzene rings is 1. The van der Waals surface area contributed by atoms with Gasteiger partial charge in [-0.2, -0.15) is 5.26 Å². The second kappa shape index (κ2) is 5.19. The van der Waals surface area contributed by atoms with Gasteiger partial charge in [-0.1, -0.05) is 13.3 Å². The van der Waals surface area contributed by atoms with Crippen molar-refractivity contribution >= 4 is 15.7 Å². The lowest BCUT2D eigenvalue weighted by molar-refractivity contribution is 0.476. The van der Waals surface area contributed by atoms with Crippen LogP contribution in [0.4, 0.5) is 5.69 Å². The Bertz CT molecular complexity index is 619. The lowest BCUT2D eigenvalue weighted by Gasteiger charge is -2.17. The van der Waals surface area contributed by atoms with Crippen molar-refractivity contribution in [2.24, 2.45) is 5.92 Å². The maximum atomic E-state index is 12.3. The minimum atomic E-state index is -3.66. The molecule has 0 saturated heterocycles. The van der Waals surface area contributed by atoms with Crippen LogP contribution in [-0.2, 0) is 10.0 Å². The number of hydrogen-bond acceptors (Lipinski definition) is 4. The van der Waals surface area contributed by atoms with Crippen LogP contribution < -0.4 is 10.5 Å². The minimum Gasteiger partial charge on any atom is -0.399 e. The molecular weight excluding hydrogens is 262 g/mol. The average molecular weight is 279 g/mol. The monoisotopic (exact) mass is 279 g/mol. The molecule has 0 amide bonds. The van der Waals surface area contributed by atoms with E-state index >= 15 is 0 Å². The van der Waals surface area contributed by atoms with E-state index in [4.69, 9.17) is 11.0 Å². The Morgan fingerprint density at radius 1 is 1.42 bits per heavy atom. The first-order chi connectivity index (χ1) is 8.94. The summed E-state index contributed by atoms with van der Waals surface area (Å²) in [5.41, 5.74) is 6.03. The number of anilines is 1. The molecule has 0 bridgehead atoms. The van der Waals surface area contributed by atoms with E-state index in [1.807, 2.05) is 13.0 Å². The molecule has 102 valence electrons.